The van der Waals surface area contributed by atoms with Crippen molar-refractivity contribution < 1.29 is 9.53 Å². The first-order valence-corrected chi connectivity index (χ1v) is 14.3. The topological polar surface area (TPSA) is 63.2 Å². The monoisotopic (exact) mass is 539 g/mol. The summed E-state index contributed by atoms with van der Waals surface area (Å²) in [5.41, 5.74) is 3.49. The highest BCUT2D eigenvalue weighted by Crippen LogP contribution is 2.50. The third-order valence-electron chi connectivity index (χ3n) is 6.65. The largest absolute Gasteiger partial charge is 0.457 e. The van der Waals surface area contributed by atoms with Gasteiger partial charge in [-0.3, -0.25) is 4.79 Å². The summed E-state index contributed by atoms with van der Waals surface area (Å²) in [6.45, 7) is 8.88. The van der Waals surface area contributed by atoms with E-state index in [9.17, 15) is 4.79 Å². The average Bonchev–Trinajstić information content (AvgIpc) is 3.45. The Labute approximate surface area is 230 Å². The van der Waals surface area contributed by atoms with Crippen molar-refractivity contribution in [2.75, 3.05) is 5.32 Å². The molecule has 0 atom stereocenters. The molecule has 0 saturated carbocycles. The summed E-state index contributed by atoms with van der Waals surface area (Å²) in [4.78, 5) is 19.8. The van der Waals surface area contributed by atoms with Crippen molar-refractivity contribution in [3.8, 4) is 22.1 Å². The number of carbonyl (C=O) groups is 1. The van der Waals surface area contributed by atoms with Crippen molar-refractivity contribution in [2.45, 2.75) is 45.2 Å². The highest BCUT2D eigenvalue weighted by molar-refractivity contribution is 7.23. The molecule has 1 aliphatic heterocycles. The van der Waals surface area contributed by atoms with Gasteiger partial charge in [0.2, 0.25) is 0 Å². The third-order valence-corrected chi connectivity index (χ3v) is 9.18. The molecule has 192 valence electrons. The molecule has 3 heterocycles. The molecule has 7 heteroatoms. The average molecular weight is 540 g/mol. The molecule has 5 aromatic rings. The van der Waals surface area contributed by atoms with Crippen LogP contribution in [0.5, 0.6) is 11.5 Å². The van der Waals surface area contributed by atoms with Crippen molar-refractivity contribution in [1.82, 2.24) is 10.3 Å². The van der Waals surface area contributed by atoms with Crippen LogP contribution in [-0.4, -0.2) is 16.4 Å². The summed E-state index contributed by atoms with van der Waals surface area (Å²) < 4.78 is 7.11. The van der Waals surface area contributed by atoms with Gasteiger partial charge in [-0.2, -0.15) is 0 Å². The number of amides is 1. The SMILES string of the molecule is CC1(C)Cc2c(sc(NC(=O)c3cccc(Oc4ccccc4)c3)c2-c2nc3ccccc3s2)C(C)(C)N1. The number of para-hydroxylation sites is 2. The van der Waals surface area contributed by atoms with E-state index in [1.165, 1.54) is 10.4 Å². The summed E-state index contributed by atoms with van der Waals surface area (Å²) in [6, 6.07) is 25.1. The van der Waals surface area contributed by atoms with E-state index in [0.29, 0.717) is 11.3 Å². The maximum absolute atomic E-state index is 13.6. The molecule has 3 aromatic carbocycles. The van der Waals surface area contributed by atoms with E-state index in [-0.39, 0.29) is 17.0 Å². The molecule has 0 aliphatic carbocycles. The van der Waals surface area contributed by atoms with Crippen LogP contribution < -0.4 is 15.4 Å². The minimum atomic E-state index is -0.237. The van der Waals surface area contributed by atoms with Crippen LogP contribution in [0, 0.1) is 0 Å². The van der Waals surface area contributed by atoms with Gasteiger partial charge in [-0.15, -0.1) is 22.7 Å². The maximum Gasteiger partial charge on any atom is 0.256 e. The highest BCUT2D eigenvalue weighted by Gasteiger charge is 2.41. The van der Waals surface area contributed by atoms with Gasteiger partial charge in [-0.25, -0.2) is 4.98 Å². The van der Waals surface area contributed by atoms with Crippen LogP contribution in [0.25, 0.3) is 20.8 Å². The van der Waals surface area contributed by atoms with Crippen LogP contribution >= 0.6 is 22.7 Å². The maximum atomic E-state index is 13.6. The van der Waals surface area contributed by atoms with Gasteiger partial charge in [0.15, 0.2) is 0 Å². The molecule has 2 aromatic heterocycles. The molecule has 0 unspecified atom stereocenters. The molecule has 1 aliphatic rings. The zero-order chi connectivity index (χ0) is 26.5. The number of anilines is 1. The highest BCUT2D eigenvalue weighted by atomic mass is 32.1. The summed E-state index contributed by atoms with van der Waals surface area (Å²) in [7, 11) is 0. The van der Waals surface area contributed by atoms with Gasteiger partial charge in [0.25, 0.3) is 5.91 Å². The number of hydrogen-bond acceptors (Lipinski definition) is 6. The molecule has 0 saturated heterocycles. The predicted octanol–water partition coefficient (Wildman–Crippen LogP) is 8.23. The Hall–Kier alpha value is -3.52. The first-order valence-electron chi connectivity index (χ1n) is 12.6. The lowest BCUT2D eigenvalue weighted by molar-refractivity contribution is 0.102. The zero-order valence-corrected chi connectivity index (χ0v) is 23.4. The lowest BCUT2D eigenvalue weighted by atomic mass is 9.81. The Morgan fingerprint density at radius 3 is 2.45 bits per heavy atom. The quantitative estimate of drug-likeness (QED) is 0.236. The number of thiophene rings is 1. The van der Waals surface area contributed by atoms with Crippen LogP contribution in [0.2, 0.25) is 0 Å². The van der Waals surface area contributed by atoms with Crippen molar-refractivity contribution in [2.24, 2.45) is 0 Å². The summed E-state index contributed by atoms with van der Waals surface area (Å²) in [5, 5.41) is 8.81. The smallest absolute Gasteiger partial charge is 0.256 e. The Bertz CT molecular complexity index is 1620. The minimum Gasteiger partial charge on any atom is -0.457 e. The molecule has 38 heavy (non-hydrogen) atoms. The summed E-state index contributed by atoms with van der Waals surface area (Å²) >= 11 is 3.32. The number of nitrogens with zero attached hydrogens (tertiary/aromatic N) is 1. The van der Waals surface area contributed by atoms with Gasteiger partial charge in [-0.1, -0.05) is 36.4 Å². The fourth-order valence-corrected chi connectivity index (χ4v) is 7.70. The minimum absolute atomic E-state index is 0.0899. The van der Waals surface area contributed by atoms with Crippen LogP contribution in [0.4, 0.5) is 5.00 Å². The molecule has 5 nitrogen and oxygen atoms in total. The Kier molecular flexibility index (Phi) is 6.10. The Morgan fingerprint density at radius 1 is 0.921 bits per heavy atom. The second-order valence-electron chi connectivity index (χ2n) is 10.8. The summed E-state index contributed by atoms with van der Waals surface area (Å²) in [5.74, 6) is 1.17. The molecule has 0 bridgehead atoms. The van der Waals surface area contributed by atoms with Crippen LogP contribution in [-0.2, 0) is 12.0 Å². The number of ether oxygens (including phenoxy) is 1. The van der Waals surface area contributed by atoms with Gasteiger partial charge in [0, 0.05) is 27.1 Å². The lowest BCUT2D eigenvalue weighted by Gasteiger charge is -2.42. The van der Waals surface area contributed by atoms with Gasteiger partial charge < -0.3 is 15.4 Å². The number of aromatic nitrogens is 1. The Balaban J connectivity index is 1.40. The number of rotatable bonds is 5. The summed E-state index contributed by atoms with van der Waals surface area (Å²) in [6.07, 6.45) is 0.851. The number of fused-ring (bicyclic) bond motifs is 2. The van der Waals surface area contributed by atoms with Gasteiger partial charge in [-0.05, 0) is 82.1 Å². The third kappa shape index (κ3) is 4.73. The van der Waals surface area contributed by atoms with Crippen molar-refractivity contribution in [3.63, 3.8) is 0 Å². The number of nitrogens with one attached hydrogen (secondary N) is 2. The molecule has 1 amide bonds. The van der Waals surface area contributed by atoms with Crippen LogP contribution in [0.3, 0.4) is 0 Å². The fraction of sp³-hybridized carbons (Fsp3) is 0.226. The van der Waals surface area contributed by atoms with E-state index in [1.807, 2.05) is 66.7 Å². The predicted molar refractivity (Wildman–Crippen MR) is 158 cm³/mol. The number of hydrogen-bond donors (Lipinski definition) is 2. The molecule has 6 rings (SSSR count). The molecule has 0 radical (unpaired) electrons. The molecule has 0 spiro atoms. The molecular formula is C31H29N3O2S2. The molecule has 0 fully saturated rings. The standard InChI is InChI=1S/C31H29N3O2S2/c1-30(2)18-22-25(28-32-23-15-8-9-16-24(23)37-28)29(38-26(22)31(3,4)34-30)33-27(35)19-11-10-14-21(17-19)36-20-12-6-5-7-13-20/h5-17,34H,18H2,1-4H3,(H,33,35). The van der Waals surface area contributed by atoms with E-state index in [1.54, 1.807) is 28.7 Å². The first kappa shape index (κ1) is 24.8. The molecular weight excluding hydrogens is 510 g/mol. The second kappa shape index (κ2) is 9.34. The van der Waals surface area contributed by atoms with E-state index in [4.69, 9.17) is 9.72 Å². The number of thiazole rings is 1. The van der Waals surface area contributed by atoms with E-state index in [0.717, 1.165) is 38.0 Å². The number of benzene rings is 3. The van der Waals surface area contributed by atoms with E-state index < -0.39 is 0 Å². The first-order chi connectivity index (χ1) is 18.2. The number of carbonyl (C=O) groups excluding carboxylic acids is 1. The normalized spacial score (nSPS) is 15.7. The van der Waals surface area contributed by atoms with Crippen LogP contribution in [0.1, 0.15) is 48.5 Å². The Morgan fingerprint density at radius 2 is 1.66 bits per heavy atom. The van der Waals surface area contributed by atoms with E-state index in [2.05, 4.69) is 44.4 Å². The fourth-order valence-electron chi connectivity index (χ4n) is 5.32. The zero-order valence-electron chi connectivity index (χ0n) is 21.8. The van der Waals surface area contributed by atoms with Crippen LogP contribution in [0.15, 0.2) is 78.9 Å². The van der Waals surface area contributed by atoms with Crippen molar-refractivity contribution >= 4 is 43.8 Å². The molecule has 2 N–H and O–H groups in total. The van der Waals surface area contributed by atoms with E-state index >= 15 is 0 Å². The van der Waals surface area contributed by atoms with Crippen molar-refractivity contribution in [3.05, 3.63) is 94.9 Å². The second-order valence-corrected chi connectivity index (χ2v) is 12.9. The van der Waals surface area contributed by atoms with Gasteiger partial charge in [0.05, 0.1) is 10.2 Å². The van der Waals surface area contributed by atoms with Gasteiger partial charge in [0.1, 0.15) is 21.5 Å². The lowest BCUT2D eigenvalue weighted by Crippen LogP contribution is -2.54. The van der Waals surface area contributed by atoms with Gasteiger partial charge >= 0.3 is 0 Å². The van der Waals surface area contributed by atoms with Crippen molar-refractivity contribution in [1.29, 1.82) is 0 Å².